The van der Waals surface area contributed by atoms with Gasteiger partial charge in [-0.15, -0.1) is 0 Å². The molecule has 1 atom stereocenters. The van der Waals surface area contributed by atoms with E-state index in [1.807, 2.05) is 79.7 Å². The van der Waals surface area contributed by atoms with Crippen LogP contribution >= 0.6 is 0 Å². The number of carbonyl (C=O) groups is 1. The highest BCUT2D eigenvalue weighted by atomic mass is 16.5. The lowest BCUT2D eigenvalue weighted by Gasteiger charge is -2.32. The second kappa shape index (κ2) is 13.2. The van der Waals surface area contributed by atoms with Crippen molar-refractivity contribution >= 4 is 22.6 Å². The van der Waals surface area contributed by atoms with Crippen LogP contribution < -0.4 is 20.3 Å². The molecule has 0 saturated carbocycles. The Morgan fingerprint density at radius 1 is 0.884 bits per heavy atom. The molecule has 5 rings (SSSR count). The lowest BCUT2D eigenvalue weighted by molar-refractivity contribution is 0.177. The topological polar surface area (TPSA) is 85.7 Å². The minimum Gasteiger partial charge on any atom is -0.497 e. The average molecular weight is 577 g/mol. The van der Waals surface area contributed by atoms with Gasteiger partial charge in [-0.05, 0) is 60.4 Å². The van der Waals surface area contributed by atoms with Crippen LogP contribution in [0.1, 0.15) is 43.3 Å². The van der Waals surface area contributed by atoms with E-state index < -0.39 is 6.04 Å². The normalized spacial score (nSPS) is 11.6. The van der Waals surface area contributed by atoms with Gasteiger partial charge in [-0.1, -0.05) is 68.4 Å². The number of rotatable bonds is 10. The first-order valence-electron chi connectivity index (χ1n) is 14.4. The van der Waals surface area contributed by atoms with Crippen molar-refractivity contribution < 1.29 is 14.3 Å². The Kier molecular flexibility index (Phi) is 9.05. The van der Waals surface area contributed by atoms with Crippen LogP contribution in [0.4, 0.5) is 10.5 Å². The number of nitrogens with zero attached hydrogens (tertiary/aromatic N) is 3. The second-order valence-electron chi connectivity index (χ2n) is 10.2. The van der Waals surface area contributed by atoms with Gasteiger partial charge >= 0.3 is 6.03 Å². The second-order valence-corrected chi connectivity index (χ2v) is 10.2. The molecule has 1 N–H and O–H groups in total. The quantitative estimate of drug-likeness (QED) is 0.191. The Morgan fingerprint density at radius 3 is 2.28 bits per heavy atom. The van der Waals surface area contributed by atoms with Gasteiger partial charge in [0.15, 0.2) is 0 Å². The van der Waals surface area contributed by atoms with Gasteiger partial charge in [0, 0.05) is 12.6 Å². The van der Waals surface area contributed by atoms with E-state index in [1.54, 1.807) is 48.0 Å². The first-order valence-corrected chi connectivity index (χ1v) is 14.4. The monoisotopic (exact) mass is 576 g/mol. The Hall–Kier alpha value is -5.11. The van der Waals surface area contributed by atoms with E-state index >= 15 is 0 Å². The number of methoxy groups -OCH3 is 2. The number of para-hydroxylation sites is 1. The number of carbonyl (C=O) groups excluding carboxylic acids is 1. The number of aromatic nitrogens is 2. The molecule has 8 nitrogen and oxygen atoms in total. The van der Waals surface area contributed by atoms with Crippen molar-refractivity contribution in [1.29, 1.82) is 0 Å². The number of fused-ring (bicyclic) bond motifs is 1. The van der Waals surface area contributed by atoms with Crippen molar-refractivity contribution in [3.05, 3.63) is 124 Å². The Balaban J connectivity index is 1.66. The summed E-state index contributed by atoms with van der Waals surface area (Å²) in [6.45, 7) is 4.38. The number of anilines is 1. The summed E-state index contributed by atoms with van der Waals surface area (Å²) in [7, 11) is 3.12. The molecule has 2 amide bonds. The summed E-state index contributed by atoms with van der Waals surface area (Å²) in [5.74, 6) is 1.57. The van der Waals surface area contributed by atoms with Crippen molar-refractivity contribution in [2.45, 2.75) is 39.3 Å². The van der Waals surface area contributed by atoms with Crippen LogP contribution in [0.15, 0.2) is 102 Å². The first-order chi connectivity index (χ1) is 21.0. The highest BCUT2D eigenvalue weighted by molar-refractivity contribution is 5.91. The minimum absolute atomic E-state index is 0.180. The molecule has 0 saturated heterocycles. The van der Waals surface area contributed by atoms with Crippen molar-refractivity contribution in [2.24, 2.45) is 0 Å². The number of amides is 2. The van der Waals surface area contributed by atoms with Crippen LogP contribution in [0.5, 0.6) is 11.5 Å². The number of ether oxygens (including phenoxy) is 2. The average Bonchev–Trinajstić information content (AvgIpc) is 3.05. The van der Waals surface area contributed by atoms with Crippen LogP contribution in [0, 0.1) is 0 Å². The van der Waals surface area contributed by atoms with Crippen molar-refractivity contribution in [1.82, 2.24) is 14.5 Å². The maximum atomic E-state index is 14.2. The van der Waals surface area contributed by atoms with E-state index in [2.05, 4.69) is 12.2 Å². The summed E-state index contributed by atoms with van der Waals surface area (Å²) in [6.07, 6.45) is 1.40. The molecule has 8 heteroatoms. The fourth-order valence-electron chi connectivity index (χ4n) is 5.24. The Morgan fingerprint density at radius 2 is 1.60 bits per heavy atom. The molecular weight excluding hydrogens is 540 g/mol. The fourth-order valence-corrected chi connectivity index (χ4v) is 5.24. The van der Waals surface area contributed by atoms with Gasteiger partial charge in [0.2, 0.25) is 0 Å². The third kappa shape index (κ3) is 6.23. The molecule has 1 aromatic heterocycles. The van der Waals surface area contributed by atoms with E-state index in [0.717, 1.165) is 17.5 Å². The molecule has 1 heterocycles. The Bertz CT molecular complexity index is 1770. The molecular formula is C35H36N4O4. The molecule has 1 unspecified atom stereocenters. The smallest absolute Gasteiger partial charge is 0.322 e. The molecule has 4 aromatic carbocycles. The first kappa shape index (κ1) is 29.4. The van der Waals surface area contributed by atoms with Gasteiger partial charge in [-0.3, -0.25) is 9.36 Å². The molecule has 0 spiro atoms. The summed E-state index contributed by atoms with van der Waals surface area (Å²) >= 11 is 0. The lowest BCUT2D eigenvalue weighted by Crippen LogP contribution is -2.40. The number of aryl methyl sites for hydroxylation is 1. The largest absolute Gasteiger partial charge is 0.497 e. The zero-order chi connectivity index (χ0) is 30.3. The van der Waals surface area contributed by atoms with Gasteiger partial charge in [0.25, 0.3) is 5.56 Å². The summed E-state index contributed by atoms with van der Waals surface area (Å²) in [4.78, 5) is 35.1. The van der Waals surface area contributed by atoms with Gasteiger partial charge in [-0.25, -0.2) is 9.78 Å². The van der Waals surface area contributed by atoms with E-state index in [9.17, 15) is 9.59 Å². The molecule has 0 bridgehead atoms. The number of hydrogen-bond donors (Lipinski definition) is 1. The van der Waals surface area contributed by atoms with Crippen LogP contribution in [0.2, 0.25) is 0 Å². The van der Waals surface area contributed by atoms with E-state index in [-0.39, 0.29) is 11.6 Å². The number of urea groups is 1. The van der Waals surface area contributed by atoms with Crippen LogP contribution in [-0.2, 0) is 13.0 Å². The molecule has 43 heavy (non-hydrogen) atoms. The Labute approximate surface area is 251 Å². The highest BCUT2D eigenvalue weighted by Crippen LogP contribution is 2.32. The van der Waals surface area contributed by atoms with Gasteiger partial charge < -0.3 is 19.7 Å². The third-order valence-electron chi connectivity index (χ3n) is 7.57. The SMILES string of the molecule is CCc1ccc(-n2c(C(CC)N(Cc3ccccc3)C(=O)Nc3ccc(OC)cc3OC)nc3ccccc3c2=O)cc1. The summed E-state index contributed by atoms with van der Waals surface area (Å²) in [6, 6.07) is 29.4. The minimum atomic E-state index is -0.549. The van der Waals surface area contributed by atoms with Gasteiger partial charge in [0.05, 0.1) is 42.5 Å². The molecule has 0 aliphatic heterocycles. The zero-order valence-electron chi connectivity index (χ0n) is 24.9. The van der Waals surface area contributed by atoms with Crippen LogP contribution in [0.25, 0.3) is 16.6 Å². The molecule has 0 fully saturated rings. The van der Waals surface area contributed by atoms with Crippen LogP contribution in [0.3, 0.4) is 0 Å². The summed E-state index contributed by atoms with van der Waals surface area (Å²) in [5, 5.41) is 3.55. The van der Waals surface area contributed by atoms with Crippen molar-refractivity contribution in [3.63, 3.8) is 0 Å². The molecule has 0 aliphatic rings. The molecule has 0 aliphatic carbocycles. The predicted octanol–water partition coefficient (Wildman–Crippen LogP) is 7.15. The van der Waals surface area contributed by atoms with E-state index in [0.29, 0.717) is 52.6 Å². The maximum Gasteiger partial charge on any atom is 0.322 e. The van der Waals surface area contributed by atoms with Crippen molar-refractivity contribution in [3.8, 4) is 17.2 Å². The summed E-state index contributed by atoms with van der Waals surface area (Å²) < 4.78 is 12.5. The zero-order valence-corrected chi connectivity index (χ0v) is 24.9. The lowest BCUT2D eigenvalue weighted by atomic mass is 10.1. The van der Waals surface area contributed by atoms with E-state index in [4.69, 9.17) is 14.5 Å². The van der Waals surface area contributed by atoms with Crippen molar-refractivity contribution in [2.75, 3.05) is 19.5 Å². The van der Waals surface area contributed by atoms with Crippen LogP contribution in [-0.4, -0.2) is 34.7 Å². The number of benzene rings is 4. The van der Waals surface area contributed by atoms with Gasteiger partial charge in [0.1, 0.15) is 17.3 Å². The standard InChI is InChI=1S/C35H36N4O4/c1-5-24-16-18-26(19-17-24)39-33(36-29-15-11-10-14-28(29)34(39)40)31(6-2)38(23-25-12-8-7-9-13-25)35(41)37-30-21-20-27(42-3)22-32(30)43-4/h7-22,31H,5-6,23H2,1-4H3,(H,37,41). The van der Waals surface area contributed by atoms with E-state index in [1.165, 1.54) is 0 Å². The molecule has 5 aromatic rings. The predicted molar refractivity (Wildman–Crippen MR) is 170 cm³/mol. The number of nitrogens with one attached hydrogen (secondary N) is 1. The molecule has 220 valence electrons. The molecule has 0 radical (unpaired) electrons. The third-order valence-corrected chi connectivity index (χ3v) is 7.57. The van der Waals surface area contributed by atoms with Gasteiger partial charge in [-0.2, -0.15) is 0 Å². The highest BCUT2D eigenvalue weighted by Gasteiger charge is 2.30. The number of hydrogen-bond acceptors (Lipinski definition) is 5. The maximum absolute atomic E-state index is 14.2. The summed E-state index contributed by atoms with van der Waals surface area (Å²) in [5.41, 5.74) is 3.71. The fraction of sp³-hybridized carbons (Fsp3) is 0.229.